The van der Waals surface area contributed by atoms with Gasteiger partial charge in [0, 0.05) is 5.92 Å². The largest absolute Gasteiger partial charge is 0.0995 e. The summed E-state index contributed by atoms with van der Waals surface area (Å²) in [7, 11) is 0. The summed E-state index contributed by atoms with van der Waals surface area (Å²) in [4.78, 5) is 0. The highest BCUT2D eigenvalue weighted by Gasteiger charge is 2.11. The van der Waals surface area contributed by atoms with E-state index < -0.39 is 0 Å². The minimum Gasteiger partial charge on any atom is -0.0995 e. The Balaban J connectivity index is 3.15. The Kier molecular flexibility index (Phi) is 3.70. The summed E-state index contributed by atoms with van der Waals surface area (Å²) >= 11 is 0. The third-order valence-electron chi connectivity index (χ3n) is 2.59. The fourth-order valence-electron chi connectivity index (χ4n) is 1.85. The van der Waals surface area contributed by atoms with E-state index >= 15 is 0 Å². The van der Waals surface area contributed by atoms with Crippen molar-refractivity contribution in [3.63, 3.8) is 0 Å². The van der Waals surface area contributed by atoms with Gasteiger partial charge in [-0.2, -0.15) is 0 Å². The number of allylic oxidation sites excluding steroid dienone is 1. The van der Waals surface area contributed by atoms with Gasteiger partial charge in [0.1, 0.15) is 0 Å². The van der Waals surface area contributed by atoms with Crippen molar-refractivity contribution in [1.29, 1.82) is 0 Å². The summed E-state index contributed by atoms with van der Waals surface area (Å²) in [5.74, 6) is 0.462. The van der Waals surface area contributed by atoms with Gasteiger partial charge in [0.2, 0.25) is 0 Å². The third-order valence-corrected chi connectivity index (χ3v) is 2.59. The van der Waals surface area contributed by atoms with Crippen LogP contribution < -0.4 is 0 Å². The predicted octanol–water partition coefficient (Wildman–Crippen LogP) is 4.40. The lowest BCUT2D eigenvalue weighted by atomic mass is 9.87. The highest BCUT2D eigenvalue weighted by atomic mass is 14.2. The molecule has 1 atom stereocenters. The van der Waals surface area contributed by atoms with Crippen molar-refractivity contribution in [1.82, 2.24) is 0 Å². The molecule has 0 nitrogen and oxygen atoms in total. The molecule has 0 aliphatic carbocycles. The highest BCUT2D eigenvalue weighted by Crippen LogP contribution is 2.29. The molecule has 0 aliphatic heterocycles. The van der Waals surface area contributed by atoms with Gasteiger partial charge in [-0.05, 0) is 24.5 Å². The van der Waals surface area contributed by atoms with Gasteiger partial charge in [-0.1, -0.05) is 56.0 Å². The average Bonchev–Trinajstić information content (AvgIpc) is 2.19. The van der Waals surface area contributed by atoms with Crippen molar-refractivity contribution in [3.8, 4) is 0 Å². The van der Waals surface area contributed by atoms with Crippen molar-refractivity contribution in [2.45, 2.75) is 26.2 Å². The van der Waals surface area contributed by atoms with Crippen LogP contribution in [0.2, 0.25) is 0 Å². The van der Waals surface area contributed by atoms with Crippen LogP contribution in [0, 0.1) is 0 Å². The molecular weight excluding hydrogens is 168 g/mol. The summed E-state index contributed by atoms with van der Waals surface area (Å²) in [6.07, 6.45) is 3.01. The lowest BCUT2D eigenvalue weighted by Gasteiger charge is -2.17. The van der Waals surface area contributed by atoms with Crippen LogP contribution in [0.25, 0.3) is 6.08 Å². The van der Waals surface area contributed by atoms with Crippen LogP contribution in [0.4, 0.5) is 0 Å². The fourth-order valence-corrected chi connectivity index (χ4v) is 1.85. The molecule has 14 heavy (non-hydrogen) atoms. The van der Waals surface area contributed by atoms with Crippen LogP contribution in [0.5, 0.6) is 0 Å². The first-order valence-corrected chi connectivity index (χ1v) is 5.07. The first-order chi connectivity index (χ1) is 6.70. The van der Waals surface area contributed by atoms with E-state index in [1.807, 2.05) is 12.1 Å². The maximum Gasteiger partial charge on any atom is 0.00460 e. The standard InChI is InChI=1S/C14H18/c1-5-12-9-7-8-10-14(12)13(6-2)11(3)4/h5,7-10,13H,1,3,6H2,2,4H3. The molecule has 0 fully saturated rings. The molecule has 0 aromatic heterocycles. The predicted molar refractivity (Wildman–Crippen MR) is 64.4 cm³/mol. The topological polar surface area (TPSA) is 0 Å². The molecule has 0 amide bonds. The van der Waals surface area contributed by atoms with Crippen molar-refractivity contribution in [3.05, 3.63) is 54.1 Å². The monoisotopic (exact) mass is 186 g/mol. The number of hydrogen-bond acceptors (Lipinski definition) is 0. The minimum atomic E-state index is 0.462. The molecule has 0 spiro atoms. The minimum absolute atomic E-state index is 0.462. The van der Waals surface area contributed by atoms with E-state index in [1.165, 1.54) is 16.7 Å². The van der Waals surface area contributed by atoms with Gasteiger partial charge in [0.05, 0.1) is 0 Å². The molecule has 1 unspecified atom stereocenters. The highest BCUT2D eigenvalue weighted by molar-refractivity contribution is 5.54. The Bertz CT molecular complexity index is 334. The van der Waals surface area contributed by atoms with E-state index in [4.69, 9.17) is 0 Å². The summed E-state index contributed by atoms with van der Waals surface area (Å²) in [6, 6.07) is 8.40. The number of rotatable bonds is 4. The van der Waals surface area contributed by atoms with E-state index in [0.29, 0.717) is 5.92 Å². The Morgan fingerprint density at radius 2 is 2.07 bits per heavy atom. The third kappa shape index (κ3) is 2.14. The molecule has 0 heterocycles. The summed E-state index contributed by atoms with van der Waals surface area (Å²) in [6.45, 7) is 12.2. The molecule has 74 valence electrons. The average molecular weight is 186 g/mol. The number of hydrogen-bond donors (Lipinski definition) is 0. The van der Waals surface area contributed by atoms with Crippen molar-refractivity contribution < 1.29 is 0 Å². The first-order valence-electron chi connectivity index (χ1n) is 5.07. The molecule has 0 aliphatic rings. The fraction of sp³-hybridized carbons (Fsp3) is 0.286. The second kappa shape index (κ2) is 4.80. The first kappa shape index (κ1) is 10.8. The van der Waals surface area contributed by atoms with Gasteiger partial charge < -0.3 is 0 Å². The zero-order valence-corrected chi connectivity index (χ0v) is 9.09. The Labute approximate surface area is 87.0 Å². The summed E-state index contributed by atoms with van der Waals surface area (Å²) in [5, 5.41) is 0. The molecule has 0 saturated heterocycles. The molecular formula is C14H18. The van der Waals surface area contributed by atoms with E-state index in [1.54, 1.807) is 0 Å². The molecule has 0 radical (unpaired) electrons. The molecule has 0 bridgehead atoms. The van der Waals surface area contributed by atoms with Crippen LogP contribution in [0.3, 0.4) is 0 Å². The maximum absolute atomic E-state index is 4.04. The van der Waals surface area contributed by atoms with Crippen molar-refractivity contribution in [2.24, 2.45) is 0 Å². The van der Waals surface area contributed by atoms with Crippen LogP contribution >= 0.6 is 0 Å². The Morgan fingerprint density at radius 3 is 2.57 bits per heavy atom. The second-order valence-corrected chi connectivity index (χ2v) is 3.64. The maximum atomic E-state index is 4.04. The SMILES string of the molecule is C=Cc1ccccc1C(CC)C(=C)C. The smallest absolute Gasteiger partial charge is 0.00460 e. The molecule has 0 N–H and O–H groups in total. The Morgan fingerprint density at radius 1 is 1.43 bits per heavy atom. The van der Waals surface area contributed by atoms with Crippen molar-refractivity contribution in [2.75, 3.05) is 0 Å². The lowest BCUT2D eigenvalue weighted by Crippen LogP contribution is -2.00. The van der Waals surface area contributed by atoms with Crippen molar-refractivity contribution >= 4 is 6.08 Å². The molecule has 1 rings (SSSR count). The van der Waals surface area contributed by atoms with Crippen LogP contribution in [0.1, 0.15) is 37.3 Å². The van der Waals surface area contributed by atoms with Gasteiger partial charge in [-0.15, -0.1) is 0 Å². The van der Waals surface area contributed by atoms with Gasteiger partial charge in [-0.3, -0.25) is 0 Å². The van der Waals surface area contributed by atoms with Crippen LogP contribution in [-0.2, 0) is 0 Å². The van der Waals surface area contributed by atoms with Crippen LogP contribution in [0.15, 0.2) is 43.0 Å². The van der Waals surface area contributed by atoms with Gasteiger partial charge >= 0.3 is 0 Å². The zero-order chi connectivity index (χ0) is 10.6. The summed E-state index contributed by atoms with van der Waals surface area (Å²) < 4.78 is 0. The molecule has 1 aromatic rings. The quantitative estimate of drug-likeness (QED) is 0.611. The van der Waals surface area contributed by atoms with Gasteiger partial charge in [-0.25, -0.2) is 0 Å². The second-order valence-electron chi connectivity index (χ2n) is 3.64. The lowest BCUT2D eigenvalue weighted by molar-refractivity contribution is 0.761. The van der Waals surface area contributed by atoms with E-state index in [0.717, 1.165) is 6.42 Å². The summed E-state index contributed by atoms with van der Waals surface area (Å²) in [5.41, 5.74) is 3.79. The van der Waals surface area contributed by atoms with Gasteiger partial charge in [0.15, 0.2) is 0 Å². The van der Waals surface area contributed by atoms with Gasteiger partial charge in [0.25, 0.3) is 0 Å². The zero-order valence-electron chi connectivity index (χ0n) is 9.09. The Hall–Kier alpha value is -1.30. The molecule has 0 saturated carbocycles. The number of benzene rings is 1. The normalized spacial score (nSPS) is 12.1. The van der Waals surface area contributed by atoms with Crippen LogP contribution in [-0.4, -0.2) is 0 Å². The van der Waals surface area contributed by atoms with E-state index in [-0.39, 0.29) is 0 Å². The molecule has 0 heteroatoms. The van der Waals surface area contributed by atoms with E-state index in [9.17, 15) is 0 Å². The van der Waals surface area contributed by atoms with E-state index in [2.05, 4.69) is 45.2 Å². The molecule has 1 aromatic carbocycles.